The summed E-state index contributed by atoms with van der Waals surface area (Å²) in [5.74, 6) is -0.227. The van der Waals surface area contributed by atoms with Crippen molar-refractivity contribution in [1.82, 2.24) is 5.01 Å². The number of carbonyl (C=O) groups excluding carboxylic acids is 1. The van der Waals surface area contributed by atoms with E-state index in [1.54, 1.807) is 25.1 Å². The summed E-state index contributed by atoms with van der Waals surface area (Å²) in [4.78, 5) is 11.4. The van der Waals surface area contributed by atoms with Crippen molar-refractivity contribution < 1.29 is 4.79 Å². The monoisotopic (exact) mass is 278 g/mol. The van der Waals surface area contributed by atoms with E-state index in [0.29, 0.717) is 22.0 Å². The molecule has 5 nitrogen and oxygen atoms in total. The van der Waals surface area contributed by atoms with Crippen LogP contribution >= 0.6 is 11.6 Å². The summed E-state index contributed by atoms with van der Waals surface area (Å²) in [6.45, 7) is 3.39. The maximum atomic E-state index is 11.4. The highest BCUT2D eigenvalue weighted by Gasteiger charge is 2.10. The Balaban J connectivity index is 3.04. The zero-order chi connectivity index (χ0) is 14.4. The van der Waals surface area contributed by atoms with Gasteiger partial charge in [-0.05, 0) is 25.1 Å². The summed E-state index contributed by atoms with van der Waals surface area (Å²) in [7, 11) is 0. The zero-order valence-electron chi connectivity index (χ0n) is 10.9. The quantitative estimate of drug-likeness (QED) is 0.521. The minimum atomic E-state index is -0.227. The molecule has 0 heterocycles. The van der Waals surface area contributed by atoms with E-state index in [9.17, 15) is 4.79 Å². The molecule has 0 aromatic heterocycles. The number of nitrogens with zero attached hydrogens (tertiary/aromatic N) is 3. The number of halogens is 1. The third-order valence-corrected chi connectivity index (χ3v) is 2.71. The third kappa shape index (κ3) is 4.27. The van der Waals surface area contributed by atoms with Gasteiger partial charge in [0.2, 0.25) is 5.91 Å². The Labute approximate surface area is 117 Å². The van der Waals surface area contributed by atoms with E-state index in [0.717, 1.165) is 0 Å². The predicted molar refractivity (Wildman–Crippen MR) is 75.7 cm³/mol. The van der Waals surface area contributed by atoms with Crippen LogP contribution in [0, 0.1) is 11.3 Å². The molecule has 0 unspecified atom stereocenters. The van der Waals surface area contributed by atoms with E-state index in [-0.39, 0.29) is 18.9 Å². The average molecular weight is 279 g/mol. The summed E-state index contributed by atoms with van der Waals surface area (Å²) in [5.41, 5.74) is 7.64. The van der Waals surface area contributed by atoms with Gasteiger partial charge in [-0.3, -0.25) is 4.79 Å². The lowest BCUT2D eigenvalue weighted by Crippen LogP contribution is -2.25. The molecule has 6 heteroatoms. The second kappa shape index (κ2) is 6.76. The average Bonchev–Trinajstić information content (AvgIpc) is 2.36. The molecule has 0 atom stereocenters. The molecule has 19 heavy (non-hydrogen) atoms. The van der Waals surface area contributed by atoms with E-state index in [1.807, 2.05) is 6.07 Å². The van der Waals surface area contributed by atoms with Crippen LogP contribution < -0.4 is 5.73 Å². The minimum absolute atomic E-state index is 0.224. The van der Waals surface area contributed by atoms with Gasteiger partial charge in [0.15, 0.2) is 0 Å². The Hall–Kier alpha value is -2.06. The molecule has 2 N–H and O–H groups in total. The molecule has 100 valence electrons. The highest BCUT2D eigenvalue weighted by atomic mass is 35.5. The first-order valence-corrected chi connectivity index (χ1v) is 6.09. The normalized spacial score (nSPS) is 10.9. The first-order valence-electron chi connectivity index (χ1n) is 5.71. The van der Waals surface area contributed by atoms with Crippen LogP contribution in [0.1, 0.15) is 25.8 Å². The molecule has 1 aromatic carbocycles. The first-order chi connectivity index (χ1) is 8.95. The standard InChI is InChI=1S/C13H15ClN4O/c1-9(12-8-11(14)4-5-13(12)16)17-18(10(2)19)7-3-6-15/h4-5,8H,3,7,16H2,1-2H3/b17-9+. The fourth-order valence-electron chi connectivity index (χ4n) is 1.51. The summed E-state index contributed by atoms with van der Waals surface area (Å²) in [6.07, 6.45) is 0.224. The molecule has 0 aliphatic heterocycles. The number of hydrogen-bond donors (Lipinski definition) is 1. The van der Waals surface area contributed by atoms with Gasteiger partial charge in [-0.1, -0.05) is 11.6 Å². The summed E-state index contributed by atoms with van der Waals surface area (Å²) >= 11 is 5.91. The molecule has 1 rings (SSSR count). The summed E-state index contributed by atoms with van der Waals surface area (Å²) in [6, 6.07) is 7.04. The van der Waals surface area contributed by atoms with Gasteiger partial charge in [0.25, 0.3) is 0 Å². The first kappa shape index (κ1) is 15.0. The lowest BCUT2D eigenvalue weighted by Gasteiger charge is -2.15. The SMILES string of the molecule is CC(=O)N(CCC#N)/N=C(\C)c1cc(Cl)ccc1N. The van der Waals surface area contributed by atoms with Crippen molar-refractivity contribution in [3.8, 4) is 6.07 Å². The lowest BCUT2D eigenvalue weighted by atomic mass is 10.1. The number of carbonyl (C=O) groups is 1. The Kier molecular flexibility index (Phi) is 5.34. The molecule has 1 aromatic rings. The molecule has 0 fully saturated rings. The number of nitrogens with two attached hydrogens (primary N) is 1. The smallest absolute Gasteiger partial charge is 0.239 e. The highest BCUT2D eigenvalue weighted by molar-refractivity contribution is 6.31. The van der Waals surface area contributed by atoms with Crippen LogP contribution in [0.3, 0.4) is 0 Å². The van der Waals surface area contributed by atoms with Crippen molar-refractivity contribution in [2.45, 2.75) is 20.3 Å². The largest absolute Gasteiger partial charge is 0.398 e. The van der Waals surface area contributed by atoms with E-state index in [1.165, 1.54) is 11.9 Å². The van der Waals surface area contributed by atoms with Crippen molar-refractivity contribution in [3.05, 3.63) is 28.8 Å². The Morgan fingerprint density at radius 3 is 2.79 bits per heavy atom. The molecule has 1 amide bonds. The second-order valence-electron chi connectivity index (χ2n) is 3.97. The van der Waals surface area contributed by atoms with Gasteiger partial charge in [0, 0.05) is 23.2 Å². The van der Waals surface area contributed by atoms with Crippen LogP contribution in [0.2, 0.25) is 5.02 Å². The third-order valence-electron chi connectivity index (χ3n) is 2.47. The van der Waals surface area contributed by atoms with Crippen LogP contribution in [0.15, 0.2) is 23.3 Å². The van der Waals surface area contributed by atoms with Crippen LogP contribution in [0.4, 0.5) is 5.69 Å². The maximum absolute atomic E-state index is 11.4. The molecular weight excluding hydrogens is 264 g/mol. The van der Waals surface area contributed by atoms with Crippen molar-refractivity contribution in [2.75, 3.05) is 12.3 Å². The van der Waals surface area contributed by atoms with Gasteiger partial charge in [0.05, 0.1) is 24.7 Å². The fourth-order valence-corrected chi connectivity index (χ4v) is 1.68. The van der Waals surface area contributed by atoms with Crippen LogP contribution in [0.5, 0.6) is 0 Å². The number of amides is 1. The van der Waals surface area contributed by atoms with Gasteiger partial charge in [-0.15, -0.1) is 0 Å². The van der Waals surface area contributed by atoms with Gasteiger partial charge >= 0.3 is 0 Å². The van der Waals surface area contributed by atoms with E-state index in [2.05, 4.69) is 5.10 Å². The van der Waals surface area contributed by atoms with Gasteiger partial charge in [-0.25, -0.2) is 5.01 Å². The van der Waals surface area contributed by atoms with Gasteiger partial charge in [-0.2, -0.15) is 10.4 Å². The molecule has 0 saturated heterocycles. The molecule has 0 saturated carbocycles. The van der Waals surface area contributed by atoms with Crippen molar-refractivity contribution in [3.63, 3.8) is 0 Å². The van der Waals surface area contributed by atoms with Crippen molar-refractivity contribution >= 4 is 28.9 Å². The van der Waals surface area contributed by atoms with Gasteiger partial charge in [0.1, 0.15) is 0 Å². The molecular formula is C13H15ClN4O. The zero-order valence-corrected chi connectivity index (χ0v) is 11.6. The van der Waals surface area contributed by atoms with Gasteiger partial charge < -0.3 is 5.73 Å². The second-order valence-corrected chi connectivity index (χ2v) is 4.40. The number of nitrogen functional groups attached to an aromatic ring is 1. The number of anilines is 1. The minimum Gasteiger partial charge on any atom is -0.398 e. The summed E-state index contributed by atoms with van der Waals surface area (Å²) in [5, 5.41) is 14.5. The molecule has 0 bridgehead atoms. The summed E-state index contributed by atoms with van der Waals surface area (Å²) < 4.78 is 0. The predicted octanol–water partition coefficient (Wildman–Crippen LogP) is 2.41. The Morgan fingerprint density at radius 1 is 1.53 bits per heavy atom. The van der Waals surface area contributed by atoms with E-state index < -0.39 is 0 Å². The topological polar surface area (TPSA) is 82.5 Å². The molecule has 0 radical (unpaired) electrons. The van der Waals surface area contributed by atoms with Crippen LogP contribution in [-0.4, -0.2) is 23.2 Å². The Morgan fingerprint density at radius 2 is 2.21 bits per heavy atom. The Bertz CT molecular complexity index is 548. The molecule has 0 aliphatic rings. The van der Waals surface area contributed by atoms with Crippen LogP contribution in [0.25, 0.3) is 0 Å². The van der Waals surface area contributed by atoms with E-state index >= 15 is 0 Å². The number of rotatable bonds is 4. The van der Waals surface area contributed by atoms with Crippen molar-refractivity contribution in [2.24, 2.45) is 5.10 Å². The number of nitriles is 1. The fraction of sp³-hybridized carbons (Fsp3) is 0.308. The van der Waals surface area contributed by atoms with E-state index in [4.69, 9.17) is 22.6 Å². The van der Waals surface area contributed by atoms with Crippen LogP contribution in [-0.2, 0) is 4.79 Å². The molecule has 0 spiro atoms. The van der Waals surface area contributed by atoms with Crippen molar-refractivity contribution in [1.29, 1.82) is 5.26 Å². The lowest BCUT2D eigenvalue weighted by molar-refractivity contribution is -0.128. The molecule has 0 aliphatic carbocycles. The highest BCUT2D eigenvalue weighted by Crippen LogP contribution is 2.19. The maximum Gasteiger partial charge on any atom is 0.239 e. The number of hydrazone groups is 1. The number of benzene rings is 1. The number of hydrogen-bond acceptors (Lipinski definition) is 4.